The molecule has 2 nitrogen and oxygen atoms in total. The average Bonchev–Trinajstić information content (AvgIpc) is 2.17. The van der Waals surface area contributed by atoms with Crippen LogP contribution in [-0.4, -0.2) is 18.8 Å². The third-order valence-corrected chi connectivity index (χ3v) is 1.87. The Morgan fingerprint density at radius 3 is 2.85 bits per heavy atom. The Kier molecular flexibility index (Phi) is 3.25. The van der Waals surface area contributed by atoms with Crippen LogP contribution in [0.15, 0.2) is 18.2 Å². The van der Waals surface area contributed by atoms with Gasteiger partial charge in [0.1, 0.15) is 0 Å². The molecule has 0 saturated carbocycles. The number of benzene rings is 1. The van der Waals surface area contributed by atoms with Gasteiger partial charge in [-0.3, -0.25) is 0 Å². The zero-order chi connectivity index (χ0) is 9.84. The van der Waals surface area contributed by atoms with Crippen LogP contribution in [0.4, 0.5) is 4.39 Å². The van der Waals surface area contributed by atoms with E-state index >= 15 is 0 Å². The van der Waals surface area contributed by atoms with Crippen molar-refractivity contribution in [1.82, 2.24) is 0 Å². The number of rotatable bonds is 3. The highest BCUT2D eigenvalue weighted by atomic mass is 19.1. The maximum atomic E-state index is 13.4. The van der Waals surface area contributed by atoms with Gasteiger partial charge in [0.15, 0.2) is 11.6 Å². The highest BCUT2D eigenvalue weighted by molar-refractivity contribution is 5.33. The Morgan fingerprint density at radius 2 is 2.31 bits per heavy atom. The second-order valence-corrected chi connectivity index (χ2v) is 2.74. The molecule has 0 heterocycles. The van der Waals surface area contributed by atoms with Crippen LogP contribution in [0.25, 0.3) is 0 Å². The molecule has 0 aliphatic heterocycles. The topological polar surface area (TPSA) is 29.5 Å². The molecule has 71 valence electrons. The predicted molar refractivity (Wildman–Crippen MR) is 48.1 cm³/mol. The summed E-state index contributed by atoms with van der Waals surface area (Å²) in [6, 6.07) is 4.79. The first kappa shape index (κ1) is 9.99. The molecular weight excluding hydrogens is 171 g/mol. The third-order valence-electron chi connectivity index (χ3n) is 1.87. The molecule has 0 aliphatic carbocycles. The minimum Gasteiger partial charge on any atom is -0.494 e. The van der Waals surface area contributed by atoms with Crippen LogP contribution in [0.1, 0.15) is 11.5 Å². The quantitative estimate of drug-likeness (QED) is 0.773. The van der Waals surface area contributed by atoms with Gasteiger partial charge in [-0.25, -0.2) is 4.39 Å². The van der Waals surface area contributed by atoms with Crippen LogP contribution in [-0.2, 0) is 0 Å². The van der Waals surface area contributed by atoms with Crippen LogP contribution < -0.4 is 4.74 Å². The standard InChI is InChI=1S/C10H12FO2/c1-7(6-12)8-4-3-5-9(13-2)10(8)11/h3-5,7,12H,1,6H2,2H3. The van der Waals surface area contributed by atoms with Crippen LogP contribution in [0.2, 0.25) is 0 Å². The Balaban J connectivity index is 3.08. The maximum Gasteiger partial charge on any atom is 0.168 e. The zero-order valence-electron chi connectivity index (χ0n) is 7.46. The van der Waals surface area contributed by atoms with E-state index in [9.17, 15) is 4.39 Å². The largest absolute Gasteiger partial charge is 0.494 e. The number of hydrogen-bond donors (Lipinski definition) is 1. The summed E-state index contributed by atoms with van der Waals surface area (Å²) < 4.78 is 18.2. The molecule has 0 amide bonds. The van der Waals surface area contributed by atoms with Crippen LogP contribution in [0.3, 0.4) is 0 Å². The van der Waals surface area contributed by atoms with Crippen molar-refractivity contribution in [3.8, 4) is 5.75 Å². The summed E-state index contributed by atoms with van der Waals surface area (Å²) in [6.45, 7) is 3.44. The van der Waals surface area contributed by atoms with Crippen molar-refractivity contribution in [2.24, 2.45) is 0 Å². The Morgan fingerprint density at radius 1 is 1.62 bits per heavy atom. The monoisotopic (exact) mass is 183 g/mol. The van der Waals surface area contributed by atoms with Gasteiger partial charge in [-0.2, -0.15) is 0 Å². The third kappa shape index (κ3) is 1.98. The highest BCUT2D eigenvalue weighted by Crippen LogP contribution is 2.25. The predicted octanol–water partition coefficient (Wildman–Crippen LogP) is 1.74. The van der Waals surface area contributed by atoms with Gasteiger partial charge in [0.25, 0.3) is 0 Å². The number of aliphatic hydroxyl groups excluding tert-OH is 1. The van der Waals surface area contributed by atoms with Crippen LogP contribution in [0.5, 0.6) is 5.75 Å². The van der Waals surface area contributed by atoms with Crippen molar-refractivity contribution in [2.45, 2.75) is 5.92 Å². The summed E-state index contributed by atoms with van der Waals surface area (Å²) in [7, 11) is 1.40. The summed E-state index contributed by atoms with van der Waals surface area (Å²) in [5.74, 6) is -0.714. The normalized spacial score (nSPS) is 12.6. The lowest BCUT2D eigenvalue weighted by atomic mass is 10.0. The molecule has 0 saturated heterocycles. The molecule has 0 aliphatic rings. The van der Waals surface area contributed by atoms with E-state index in [4.69, 9.17) is 9.84 Å². The van der Waals surface area contributed by atoms with Gasteiger partial charge in [-0.15, -0.1) is 0 Å². The number of hydrogen-bond acceptors (Lipinski definition) is 2. The molecule has 1 rings (SSSR count). The Bertz CT molecular complexity index is 286. The van der Waals surface area contributed by atoms with Crippen molar-refractivity contribution in [2.75, 3.05) is 13.7 Å². The van der Waals surface area contributed by atoms with E-state index in [1.54, 1.807) is 12.1 Å². The maximum absolute atomic E-state index is 13.4. The zero-order valence-corrected chi connectivity index (χ0v) is 7.46. The molecule has 1 unspecified atom stereocenters. The minimum atomic E-state index is -0.449. The van der Waals surface area contributed by atoms with E-state index in [0.717, 1.165) is 0 Å². The number of aliphatic hydroxyl groups is 1. The lowest BCUT2D eigenvalue weighted by molar-refractivity contribution is 0.279. The Labute approximate surface area is 77.0 Å². The van der Waals surface area contributed by atoms with Gasteiger partial charge in [0, 0.05) is 5.92 Å². The second-order valence-electron chi connectivity index (χ2n) is 2.74. The van der Waals surface area contributed by atoms with Crippen LogP contribution in [0, 0.1) is 12.7 Å². The molecule has 1 aromatic rings. The summed E-state index contributed by atoms with van der Waals surface area (Å²) in [4.78, 5) is 0. The SMILES string of the molecule is [CH2]C(CO)c1cccc(OC)c1F. The first-order valence-corrected chi connectivity index (χ1v) is 3.97. The lowest BCUT2D eigenvalue weighted by Crippen LogP contribution is -2.03. The van der Waals surface area contributed by atoms with Crippen molar-refractivity contribution >= 4 is 0 Å². The van der Waals surface area contributed by atoms with E-state index in [0.29, 0.717) is 5.56 Å². The summed E-state index contributed by atoms with van der Waals surface area (Å²) >= 11 is 0. The fourth-order valence-electron chi connectivity index (χ4n) is 1.10. The van der Waals surface area contributed by atoms with Crippen molar-refractivity contribution in [3.63, 3.8) is 0 Å². The molecule has 0 aromatic heterocycles. The molecule has 3 heteroatoms. The smallest absolute Gasteiger partial charge is 0.168 e. The fourth-order valence-corrected chi connectivity index (χ4v) is 1.10. The van der Waals surface area contributed by atoms with Crippen molar-refractivity contribution < 1.29 is 14.2 Å². The van der Waals surface area contributed by atoms with E-state index in [2.05, 4.69) is 6.92 Å². The first-order valence-electron chi connectivity index (χ1n) is 3.97. The molecule has 1 radical (unpaired) electrons. The average molecular weight is 183 g/mol. The number of ether oxygens (including phenoxy) is 1. The minimum absolute atomic E-state index is 0.177. The molecule has 0 bridgehead atoms. The van der Waals surface area contributed by atoms with Gasteiger partial charge in [-0.05, 0) is 18.6 Å². The van der Waals surface area contributed by atoms with Gasteiger partial charge in [-0.1, -0.05) is 12.1 Å². The van der Waals surface area contributed by atoms with Gasteiger partial charge in [0.2, 0.25) is 0 Å². The van der Waals surface area contributed by atoms with E-state index in [1.807, 2.05) is 0 Å². The Hall–Kier alpha value is -1.09. The fraction of sp³-hybridized carbons (Fsp3) is 0.300. The summed E-state index contributed by atoms with van der Waals surface area (Å²) in [6.07, 6.45) is 0. The van der Waals surface area contributed by atoms with Crippen molar-refractivity contribution in [1.29, 1.82) is 0 Å². The first-order chi connectivity index (χ1) is 6.20. The molecular formula is C10H12FO2. The lowest BCUT2D eigenvalue weighted by Gasteiger charge is -2.11. The summed E-state index contributed by atoms with van der Waals surface area (Å²) in [5, 5.41) is 8.81. The van der Waals surface area contributed by atoms with Crippen LogP contribution >= 0.6 is 0 Å². The molecule has 1 atom stereocenters. The molecule has 0 spiro atoms. The van der Waals surface area contributed by atoms with E-state index in [1.165, 1.54) is 13.2 Å². The molecule has 1 N–H and O–H groups in total. The second kappa shape index (κ2) is 4.23. The highest BCUT2D eigenvalue weighted by Gasteiger charge is 2.13. The molecule has 13 heavy (non-hydrogen) atoms. The summed E-state index contributed by atoms with van der Waals surface area (Å²) in [5.41, 5.74) is 0.377. The van der Waals surface area contributed by atoms with E-state index < -0.39 is 11.7 Å². The molecule has 1 aromatic carbocycles. The number of methoxy groups -OCH3 is 1. The molecule has 0 fully saturated rings. The van der Waals surface area contributed by atoms with E-state index in [-0.39, 0.29) is 12.4 Å². The van der Waals surface area contributed by atoms with Gasteiger partial charge in [0.05, 0.1) is 13.7 Å². The van der Waals surface area contributed by atoms with Crippen molar-refractivity contribution in [3.05, 3.63) is 36.5 Å². The van der Waals surface area contributed by atoms with Gasteiger partial charge < -0.3 is 9.84 Å². The number of halogens is 1. The van der Waals surface area contributed by atoms with Gasteiger partial charge >= 0.3 is 0 Å².